The number of carbonyl (C=O) groups excluding carboxylic acids is 1. The maximum atomic E-state index is 12.4. The van der Waals surface area contributed by atoms with Gasteiger partial charge < -0.3 is 14.8 Å². The Morgan fingerprint density at radius 1 is 1.31 bits per heavy atom. The average Bonchev–Trinajstić information content (AvgIpc) is 3.09. The predicted octanol–water partition coefficient (Wildman–Crippen LogP) is 3.76. The third kappa shape index (κ3) is 4.45. The molecule has 7 heteroatoms. The Bertz CT molecular complexity index is 1040. The smallest absolute Gasteiger partial charge is 0.230 e. The maximum Gasteiger partial charge on any atom is 0.230 e. The van der Waals surface area contributed by atoms with Gasteiger partial charge in [-0.3, -0.25) is 4.79 Å². The molecule has 6 nitrogen and oxygen atoms in total. The topological polar surface area (TPSA) is 73.3 Å². The Morgan fingerprint density at radius 2 is 2.17 bits per heavy atom. The number of hydrogen-bond donors (Lipinski definition) is 1. The van der Waals surface area contributed by atoms with Crippen molar-refractivity contribution in [2.24, 2.45) is 0 Å². The molecule has 0 radical (unpaired) electrons. The lowest BCUT2D eigenvalue weighted by Gasteiger charge is -2.13. The van der Waals surface area contributed by atoms with Crippen molar-refractivity contribution in [2.75, 3.05) is 12.4 Å². The number of nitrogens with zero attached hydrogens (tertiary/aromatic N) is 2. The van der Waals surface area contributed by atoms with E-state index in [2.05, 4.69) is 22.2 Å². The number of amides is 1. The Hall–Kier alpha value is -2.80. The second-order valence-corrected chi connectivity index (χ2v) is 7.86. The minimum Gasteiger partial charge on any atom is -0.494 e. The van der Waals surface area contributed by atoms with Crippen LogP contribution in [0.2, 0.25) is 0 Å². The van der Waals surface area contributed by atoms with E-state index in [1.807, 2.05) is 43.3 Å². The van der Waals surface area contributed by atoms with Crippen LogP contribution in [0.3, 0.4) is 0 Å². The number of aromatic nitrogens is 2. The first-order valence-corrected chi connectivity index (χ1v) is 10.7. The average molecular weight is 410 g/mol. The van der Waals surface area contributed by atoms with Crippen molar-refractivity contribution in [2.45, 2.75) is 37.9 Å². The molecule has 0 saturated heterocycles. The van der Waals surface area contributed by atoms with Gasteiger partial charge in [0.2, 0.25) is 5.91 Å². The summed E-state index contributed by atoms with van der Waals surface area (Å²) in [4.78, 5) is 21.0. The van der Waals surface area contributed by atoms with Crippen LogP contribution in [-0.4, -0.2) is 34.3 Å². The molecule has 0 spiro atoms. The van der Waals surface area contributed by atoms with Crippen molar-refractivity contribution in [3.8, 4) is 11.5 Å². The normalized spacial score (nSPS) is 15.0. The van der Waals surface area contributed by atoms with Crippen molar-refractivity contribution >= 4 is 28.6 Å². The quantitative estimate of drug-likeness (QED) is 0.473. The third-order valence-corrected chi connectivity index (χ3v) is 5.71. The number of ether oxygens (including phenoxy) is 2. The molecule has 1 N–H and O–H groups in total. The Morgan fingerprint density at radius 3 is 3.03 bits per heavy atom. The second kappa shape index (κ2) is 8.69. The molecule has 1 amide bonds. The molecule has 0 fully saturated rings. The molecule has 150 valence electrons. The number of carbonyl (C=O) groups is 1. The Balaban J connectivity index is 1.40. The Kier molecular flexibility index (Phi) is 5.85. The molecule has 0 saturated carbocycles. The number of hydrogen-bond acceptors (Lipinski definition) is 6. The van der Waals surface area contributed by atoms with Gasteiger partial charge in [0.1, 0.15) is 29.0 Å². The molecule has 1 aromatic heterocycles. The number of thioether (sulfide) groups is 1. The van der Waals surface area contributed by atoms with Crippen LogP contribution >= 0.6 is 11.8 Å². The largest absolute Gasteiger partial charge is 0.494 e. The first-order chi connectivity index (χ1) is 14.1. The summed E-state index contributed by atoms with van der Waals surface area (Å²) >= 11 is 1.41. The van der Waals surface area contributed by atoms with Crippen molar-refractivity contribution < 1.29 is 14.3 Å². The highest BCUT2D eigenvalue weighted by molar-refractivity contribution is 8.00. The number of benzene rings is 2. The highest BCUT2D eigenvalue weighted by atomic mass is 32.2. The van der Waals surface area contributed by atoms with E-state index in [-0.39, 0.29) is 17.8 Å². The number of para-hydroxylation sites is 1. The summed E-state index contributed by atoms with van der Waals surface area (Å²) in [7, 11) is 0. The molecular weight excluding hydrogens is 386 g/mol. The molecule has 1 atom stereocenters. The molecule has 4 rings (SSSR count). The summed E-state index contributed by atoms with van der Waals surface area (Å²) in [6, 6.07) is 11.8. The lowest BCUT2D eigenvalue weighted by molar-refractivity contribution is -0.118. The predicted molar refractivity (Wildman–Crippen MR) is 114 cm³/mol. The molecule has 0 aliphatic carbocycles. The summed E-state index contributed by atoms with van der Waals surface area (Å²) in [5, 5.41) is 4.74. The third-order valence-electron chi connectivity index (χ3n) is 4.70. The van der Waals surface area contributed by atoms with Crippen LogP contribution in [0, 0.1) is 0 Å². The fourth-order valence-corrected chi connectivity index (χ4v) is 4.20. The van der Waals surface area contributed by atoms with E-state index in [0.29, 0.717) is 13.2 Å². The van der Waals surface area contributed by atoms with E-state index < -0.39 is 0 Å². The maximum absolute atomic E-state index is 12.4. The van der Waals surface area contributed by atoms with Crippen LogP contribution in [0.5, 0.6) is 11.5 Å². The zero-order valence-corrected chi connectivity index (χ0v) is 17.3. The molecule has 0 bridgehead atoms. The summed E-state index contributed by atoms with van der Waals surface area (Å²) in [6.45, 7) is 4.98. The van der Waals surface area contributed by atoms with Gasteiger partial charge in [-0.15, -0.1) is 0 Å². The monoisotopic (exact) mass is 409 g/mol. The van der Waals surface area contributed by atoms with Gasteiger partial charge in [0.15, 0.2) is 0 Å². The lowest BCUT2D eigenvalue weighted by Crippen LogP contribution is -2.25. The molecular formula is C22H23N3O3S. The molecule has 0 unspecified atom stereocenters. The SMILES string of the molecule is CCOc1cc2c(cc1CNC(=O)CSc1ncnc3ccccc13)O[C@@H](C)C2. The van der Waals surface area contributed by atoms with Crippen LogP contribution < -0.4 is 14.8 Å². The van der Waals surface area contributed by atoms with Crippen molar-refractivity contribution in [3.05, 3.63) is 53.9 Å². The molecule has 3 aromatic rings. The van der Waals surface area contributed by atoms with E-state index in [9.17, 15) is 4.79 Å². The van der Waals surface area contributed by atoms with Crippen LogP contribution in [0.1, 0.15) is 25.0 Å². The fraction of sp³-hybridized carbons (Fsp3) is 0.318. The van der Waals surface area contributed by atoms with Gasteiger partial charge in [0.05, 0.1) is 17.9 Å². The zero-order valence-electron chi connectivity index (χ0n) is 16.5. The van der Waals surface area contributed by atoms with E-state index in [1.165, 1.54) is 18.1 Å². The van der Waals surface area contributed by atoms with E-state index in [0.717, 1.165) is 45.0 Å². The van der Waals surface area contributed by atoms with Gasteiger partial charge in [0.25, 0.3) is 0 Å². The highest BCUT2D eigenvalue weighted by Crippen LogP contribution is 2.35. The fourth-order valence-electron chi connectivity index (χ4n) is 3.38. The molecule has 2 aromatic carbocycles. The summed E-state index contributed by atoms with van der Waals surface area (Å²) in [6.07, 6.45) is 2.58. The van der Waals surface area contributed by atoms with Gasteiger partial charge in [-0.25, -0.2) is 9.97 Å². The number of nitrogens with one attached hydrogen (secondary N) is 1. The highest BCUT2D eigenvalue weighted by Gasteiger charge is 2.22. The molecule has 1 aliphatic rings. The van der Waals surface area contributed by atoms with Crippen molar-refractivity contribution in [3.63, 3.8) is 0 Å². The standard InChI is InChI=1S/C22H23N3O3S/c1-3-27-19-9-15-8-14(2)28-20(15)10-16(19)11-23-21(26)12-29-22-17-6-4-5-7-18(17)24-13-25-22/h4-7,9-10,13-14H,3,8,11-12H2,1-2H3,(H,23,26)/t14-/m0/s1. The first kappa shape index (κ1) is 19.5. The van der Waals surface area contributed by atoms with Gasteiger partial charge >= 0.3 is 0 Å². The minimum absolute atomic E-state index is 0.0603. The summed E-state index contributed by atoms with van der Waals surface area (Å²) in [5.74, 6) is 1.91. The first-order valence-electron chi connectivity index (χ1n) is 9.68. The van der Waals surface area contributed by atoms with Crippen molar-refractivity contribution in [1.29, 1.82) is 0 Å². The van der Waals surface area contributed by atoms with E-state index >= 15 is 0 Å². The lowest BCUT2D eigenvalue weighted by atomic mass is 10.1. The molecule has 2 heterocycles. The van der Waals surface area contributed by atoms with Crippen LogP contribution in [0.25, 0.3) is 10.9 Å². The molecule has 29 heavy (non-hydrogen) atoms. The number of rotatable bonds is 7. The van der Waals surface area contributed by atoms with Gasteiger partial charge in [-0.1, -0.05) is 30.0 Å². The van der Waals surface area contributed by atoms with Crippen LogP contribution in [-0.2, 0) is 17.8 Å². The van der Waals surface area contributed by atoms with Crippen LogP contribution in [0.4, 0.5) is 0 Å². The summed E-state index contributed by atoms with van der Waals surface area (Å²) in [5.41, 5.74) is 2.95. The van der Waals surface area contributed by atoms with Gasteiger partial charge in [-0.05, 0) is 32.0 Å². The van der Waals surface area contributed by atoms with E-state index in [1.54, 1.807) is 0 Å². The number of fused-ring (bicyclic) bond motifs is 2. The van der Waals surface area contributed by atoms with Gasteiger partial charge in [-0.2, -0.15) is 0 Å². The Labute approximate surface area is 174 Å². The minimum atomic E-state index is -0.0603. The van der Waals surface area contributed by atoms with Gasteiger partial charge in [0, 0.05) is 29.5 Å². The second-order valence-electron chi connectivity index (χ2n) is 6.89. The zero-order chi connectivity index (χ0) is 20.2. The van der Waals surface area contributed by atoms with Crippen molar-refractivity contribution in [1.82, 2.24) is 15.3 Å². The summed E-state index contributed by atoms with van der Waals surface area (Å²) < 4.78 is 11.6. The molecule has 1 aliphatic heterocycles. The van der Waals surface area contributed by atoms with Crippen LogP contribution in [0.15, 0.2) is 47.8 Å². The van der Waals surface area contributed by atoms with E-state index in [4.69, 9.17) is 9.47 Å².